The second kappa shape index (κ2) is 4.72. The lowest BCUT2D eigenvalue weighted by Crippen LogP contribution is -2.10. The first-order valence-corrected chi connectivity index (χ1v) is 4.31. The summed E-state index contributed by atoms with van der Waals surface area (Å²) in [5.74, 6) is -3.05. The molecule has 0 aliphatic heterocycles. The van der Waals surface area contributed by atoms with E-state index in [2.05, 4.69) is 9.47 Å². The lowest BCUT2D eigenvalue weighted by Gasteiger charge is -2.09. The molecule has 0 atom stereocenters. The smallest absolute Gasteiger partial charge is 0.345 e. The molecule has 0 radical (unpaired) electrons. The van der Waals surface area contributed by atoms with Crippen molar-refractivity contribution < 1.29 is 23.0 Å². The zero-order valence-electron chi connectivity index (χ0n) is 8.34. The molecule has 1 rings (SSSR count). The third-order valence-corrected chi connectivity index (χ3v) is 1.74. The minimum atomic E-state index is -0.939. The predicted molar refractivity (Wildman–Crippen MR) is 48.9 cm³/mol. The van der Waals surface area contributed by atoms with Gasteiger partial charge in [-0.15, -0.1) is 0 Å². The number of hydrogen-bond acceptors (Lipinski definition) is 3. The summed E-state index contributed by atoms with van der Waals surface area (Å²) < 4.78 is 35.6. The van der Waals surface area contributed by atoms with Gasteiger partial charge in [0.05, 0.1) is 13.7 Å². The summed E-state index contributed by atoms with van der Waals surface area (Å²) in [6.07, 6.45) is 0. The van der Waals surface area contributed by atoms with Crippen LogP contribution in [0.3, 0.4) is 0 Å². The van der Waals surface area contributed by atoms with E-state index in [0.717, 1.165) is 19.2 Å². The Bertz CT molecular complexity index is 377. The Balaban J connectivity index is 3.24. The molecule has 3 nitrogen and oxygen atoms in total. The molecule has 1 aromatic rings. The fourth-order valence-electron chi connectivity index (χ4n) is 1.13. The van der Waals surface area contributed by atoms with E-state index >= 15 is 0 Å². The van der Waals surface area contributed by atoms with Crippen molar-refractivity contribution in [1.29, 1.82) is 0 Å². The van der Waals surface area contributed by atoms with Crippen LogP contribution in [-0.2, 0) is 4.74 Å². The van der Waals surface area contributed by atoms with Crippen molar-refractivity contribution in [2.75, 3.05) is 13.7 Å². The number of halogens is 2. The second-order valence-electron chi connectivity index (χ2n) is 2.66. The fraction of sp³-hybridized carbons (Fsp3) is 0.300. The van der Waals surface area contributed by atoms with Gasteiger partial charge in [0, 0.05) is 0 Å². The van der Waals surface area contributed by atoms with E-state index in [9.17, 15) is 13.6 Å². The van der Waals surface area contributed by atoms with Gasteiger partial charge in [-0.3, -0.25) is 0 Å². The Kier molecular flexibility index (Phi) is 3.60. The summed E-state index contributed by atoms with van der Waals surface area (Å²) in [7, 11) is 1.15. The number of benzene rings is 1. The van der Waals surface area contributed by atoms with E-state index in [0.29, 0.717) is 0 Å². The van der Waals surface area contributed by atoms with Crippen molar-refractivity contribution in [2.24, 2.45) is 0 Å². The van der Waals surface area contributed by atoms with Crippen molar-refractivity contribution in [1.82, 2.24) is 0 Å². The van der Waals surface area contributed by atoms with E-state index < -0.39 is 28.9 Å². The first-order chi connectivity index (χ1) is 7.11. The Morgan fingerprint density at radius 2 is 1.93 bits per heavy atom. The lowest BCUT2D eigenvalue weighted by atomic mass is 10.2. The molecule has 0 bridgehead atoms. The number of ether oxygens (including phenoxy) is 2. The molecule has 0 unspecified atom stereocenters. The maximum Gasteiger partial charge on any atom is 0.345 e. The molecule has 0 aliphatic carbocycles. The first kappa shape index (κ1) is 11.4. The predicted octanol–water partition coefficient (Wildman–Crippen LogP) is 2.15. The second-order valence-corrected chi connectivity index (χ2v) is 2.66. The minimum Gasteiger partial charge on any atom is -0.493 e. The van der Waals surface area contributed by atoms with Crippen LogP contribution in [0.15, 0.2) is 12.1 Å². The maximum atomic E-state index is 13.2. The van der Waals surface area contributed by atoms with E-state index in [-0.39, 0.29) is 6.61 Å². The maximum absolute atomic E-state index is 13.2. The minimum absolute atomic E-state index is 0.0813. The number of hydrogen-bond donors (Lipinski definition) is 0. The van der Waals surface area contributed by atoms with Crippen molar-refractivity contribution >= 4 is 5.97 Å². The molecule has 0 saturated heterocycles. The molecule has 0 aromatic heterocycles. The van der Waals surface area contributed by atoms with Gasteiger partial charge in [-0.05, 0) is 19.1 Å². The van der Waals surface area contributed by atoms with Gasteiger partial charge in [-0.25, -0.2) is 13.6 Å². The Hall–Kier alpha value is -1.65. The summed E-state index contributed by atoms with van der Waals surface area (Å²) in [6, 6.07) is 1.74. The van der Waals surface area contributed by atoms with E-state index in [1.807, 2.05) is 0 Å². The van der Waals surface area contributed by atoms with Gasteiger partial charge in [0.2, 0.25) is 0 Å². The number of carbonyl (C=O) groups excluding carboxylic acids is 1. The normalized spacial score (nSPS) is 9.87. The van der Waals surface area contributed by atoms with E-state index in [1.165, 1.54) is 0 Å². The monoisotopic (exact) mass is 216 g/mol. The van der Waals surface area contributed by atoms with Gasteiger partial charge in [0.15, 0.2) is 11.6 Å². The molecule has 0 aliphatic rings. The Morgan fingerprint density at radius 3 is 2.47 bits per heavy atom. The van der Waals surface area contributed by atoms with Crippen molar-refractivity contribution in [3.8, 4) is 5.75 Å². The van der Waals surface area contributed by atoms with Crippen LogP contribution >= 0.6 is 0 Å². The highest BCUT2D eigenvalue weighted by Gasteiger charge is 2.22. The number of esters is 1. The molecule has 82 valence electrons. The molecule has 5 heteroatoms. The van der Waals surface area contributed by atoms with Crippen LogP contribution in [0.1, 0.15) is 17.3 Å². The topological polar surface area (TPSA) is 35.5 Å². The van der Waals surface area contributed by atoms with E-state index in [1.54, 1.807) is 6.92 Å². The van der Waals surface area contributed by atoms with Crippen molar-refractivity contribution in [2.45, 2.75) is 6.92 Å². The molecule has 0 fully saturated rings. The molecule has 1 aromatic carbocycles. The molecule has 0 heterocycles. The van der Waals surface area contributed by atoms with Crippen LogP contribution in [0.2, 0.25) is 0 Å². The number of methoxy groups -OCH3 is 1. The molecule has 0 saturated carbocycles. The zero-order chi connectivity index (χ0) is 11.4. The van der Waals surface area contributed by atoms with Gasteiger partial charge in [-0.1, -0.05) is 0 Å². The molecule has 0 N–H and O–H groups in total. The van der Waals surface area contributed by atoms with Crippen LogP contribution < -0.4 is 4.74 Å². The van der Waals surface area contributed by atoms with Gasteiger partial charge in [-0.2, -0.15) is 0 Å². The standard InChI is InChI=1S/C10H10F2O3/c1-3-15-10(13)8-6(11)4-5-7(12)9(8)14-2/h4-5H,3H2,1-2H3. The first-order valence-electron chi connectivity index (χ1n) is 4.31. The van der Waals surface area contributed by atoms with Gasteiger partial charge in [0.25, 0.3) is 0 Å². The van der Waals surface area contributed by atoms with Crippen LogP contribution in [0.5, 0.6) is 5.75 Å². The summed E-state index contributed by atoms with van der Waals surface area (Å²) in [6.45, 7) is 1.65. The quantitative estimate of drug-likeness (QED) is 0.726. The number of carbonyl (C=O) groups is 1. The fourth-order valence-corrected chi connectivity index (χ4v) is 1.13. The average molecular weight is 216 g/mol. The van der Waals surface area contributed by atoms with E-state index in [4.69, 9.17) is 0 Å². The summed E-state index contributed by atoms with van der Waals surface area (Å²) in [5.41, 5.74) is -0.514. The highest BCUT2D eigenvalue weighted by Crippen LogP contribution is 2.25. The van der Waals surface area contributed by atoms with Crippen molar-refractivity contribution in [3.05, 3.63) is 29.3 Å². The molecular weight excluding hydrogens is 206 g/mol. The lowest BCUT2D eigenvalue weighted by molar-refractivity contribution is 0.0516. The van der Waals surface area contributed by atoms with Crippen LogP contribution in [0.4, 0.5) is 8.78 Å². The highest BCUT2D eigenvalue weighted by molar-refractivity contribution is 5.92. The summed E-state index contributed by atoms with van der Waals surface area (Å²) in [4.78, 5) is 11.3. The molecular formula is C10H10F2O3. The Morgan fingerprint density at radius 1 is 1.33 bits per heavy atom. The highest BCUT2D eigenvalue weighted by atomic mass is 19.1. The summed E-state index contributed by atoms with van der Waals surface area (Å²) >= 11 is 0. The molecule has 15 heavy (non-hydrogen) atoms. The largest absolute Gasteiger partial charge is 0.493 e. The Labute approximate surface area is 85.6 Å². The zero-order valence-corrected chi connectivity index (χ0v) is 8.34. The van der Waals surface area contributed by atoms with Crippen LogP contribution in [0.25, 0.3) is 0 Å². The third-order valence-electron chi connectivity index (χ3n) is 1.74. The molecule has 0 spiro atoms. The molecule has 0 amide bonds. The van der Waals surface area contributed by atoms with Crippen molar-refractivity contribution in [3.63, 3.8) is 0 Å². The number of rotatable bonds is 3. The average Bonchev–Trinajstić information content (AvgIpc) is 2.21. The third kappa shape index (κ3) is 2.23. The van der Waals surface area contributed by atoms with Crippen LogP contribution in [0, 0.1) is 11.6 Å². The van der Waals surface area contributed by atoms with Gasteiger partial charge >= 0.3 is 5.97 Å². The summed E-state index contributed by atoms with van der Waals surface area (Å²) in [5, 5.41) is 0. The van der Waals surface area contributed by atoms with Crippen LogP contribution in [-0.4, -0.2) is 19.7 Å². The SMILES string of the molecule is CCOC(=O)c1c(F)ccc(F)c1OC. The van der Waals surface area contributed by atoms with Gasteiger partial charge < -0.3 is 9.47 Å². The van der Waals surface area contributed by atoms with Gasteiger partial charge in [0.1, 0.15) is 11.4 Å².